The van der Waals surface area contributed by atoms with Crippen LogP contribution in [0.15, 0.2) is 12.4 Å². The number of hydrogen-bond donors (Lipinski definition) is 2. The van der Waals surface area contributed by atoms with Crippen molar-refractivity contribution >= 4 is 5.97 Å². The summed E-state index contributed by atoms with van der Waals surface area (Å²) < 4.78 is 4.70. The maximum atomic E-state index is 10.8. The summed E-state index contributed by atoms with van der Waals surface area (Å²) in [6, 6.07) is 0. The maximum absolute atomic E-state index is 10.8. The normalized spacial score (nSPS) is 8.83. The molecule has 0 aromatic rings. The van der Waals surface area contributed by atoms with Gasteiger partial charge in [-0.05, 0) is 13.8 Å². The third kappa shape index (κ3) is 5.58. The van der Waals surface area contributed by atoms with E-state index in [2.05, 4.69) is 17.2 Å². The topological polar surface area (TPSA) is 50.4 Å². The molecular weight excluding hydrogens is 156 g/mol. The Morgan fingerprint density at radius 1 is 1.42 bits per heavy atom. The Morgan fingerprint density at radius 3 is 2.58 bits per heavy atom. The first-order valence-electron chi connectivity index (χ1n) is 4.03. The van der Waals surface area contributed by atoms with E-state index in [4.69, 9.17) is 4.74 Å². The molecule has 0 radical (unpaired) electrons. The minimum Gasteiger partial charge on any atom is -0.465 e. The fourth-order valence-corrected chi connectivity index (χ4v) is 0.667. The van der Waals surface area contributed by atoms with Crippen LogP contribution < -0.4 is 10.6 Å². The van der Waals surface area contributed by atoms with Gasteiger partial charge in [0.05, 0.1) is 12.4 Å². The van der Waals surface area contributed by atoms with E-state index in [9.17, 15) is 4.79 Å². The van der Waals surface area contributed by atoms with Crippen LogP contribution in [0.5, 0.6) is 0 Å². The molecule has 0 atom stereocenters. The van der Waals surface area contributed by atoms with E-state index in [0.717, 1.165) is 6.54 Å². The fraction of sp³-hybridized carbons (Fsp3) is 0.625. The number of nitrogens with one attached hydrogen (secondary N) is 2. The van der Waals surface area contributed by atoms with Crippen LogP contribution in [0.1, 0.15) is 13.8 Å². The number of carbonyl (C=O) groups is 1. The second kappa shape index (κ2) is 6.52. The van der Waals surface area contributed by atoms with Gasteiger partial charge in [0.2, 0.25) is 0 Å². The van der Waals surface area contributed by atoms with Crippen molar-refractivity contribution in [3.63, 3.8) is 0 Å². The van der Waals surface area contributed by atoms with Crippen LogP contribution in [-0.2, 0) is 9.53 Å². The van der Waals surface area contributed by atoms with Gasteiger partial charge in [-0.15, -0.1) is 0 Å². The molecule has 0 spiro atoms. The van der Waals surface area contributed by atoms with Crippen molar-refractivity contribution in [2.45, 2.75) is 13.8 Å². The van der Waals surface area contributed by atoms with Crippen LogP contribution in [0.2, 0.25) is 0 Å². The summed E-state index contributed by atoms with van der Waals surface area (Å²) in [4.78, 5) is 10.8. The molecule has 4 heteroatoms. The third-order valence-corrected chi connectivity index (χ3v) is 1.14. The predicted molar refractivity (Wildman–Crippen MR) is 47.5 cm³/mol. The molecule has 0 aliphatic rings. The second-order valence-corrected chi connectivity index (χ2v) is 2.17. The van der Waals surface area contributed by atoms with Gasteiger partial charge in [-0.1, -0.05) is 6.58 Å². The van der Waals surface area contributed by atoms with Gasteiger partial charge in [-0.25, -0.2) is 0 Å². The highest BCUT2D eigenvalue weighted by Gasteiger charge is 1.99. The van der Waals surface area contributed by atoms with Crippen LogP contribution >= 0.6 is 0 Å². The van der Waals surface area contributed by atoms with Crippen molar-refractivity contribution in [1.29, 1.82) is 0 Å². The number of esters is 1. The van der Waals surface area contributed by atoms with E-state index >= 15 is 0 Å². The molecule has 0 amide bonds. The number of hydrogen-bond acceptors (Lipinski definition) is 4. The molecule has 0 aromatic carbocycles. The Kier molecular flexibility index (Phi) is 5.87. The summed E-state index contributed by atoms with van der Waals surface area (Å²) >= 11 is 0. The lowest BCUT2D eigenvalue weighted by molar-refractivity contribution is -0.141. The second-order valence-electron chi connectivity index (χ2n) is 2.17. The van der Waals surface area contributed by atoms with Gasteiger partial charge < -0.3 is 15.4 Å². The van der Waals surface area contributed by atoms with Gasteiger partial charge in [0, 0.05) is 6.54 Å². The van der Waals surface area contributed by atoms with E-state index in [1.165, 1.54) is 0 Å². The lowest BCUT2D eigenvalue weighted by Gasteiger charge is -2.09. The van der Waals surface area contributed by atoms with Crippen molar-refractivity contribution in [3.8, 4) is 0 Å². The van der Waals surface area contributed by atoms with E-state index in [1.807, 2.05) is 6.92 Å². The van der Waals surface area contributed by atoms with Crippen molar-refractivity contribution in [3.05, 3.63) is 12.4 Å². The van der Waals surface area contributed by atoms with Crippen LogP contribution in [0.25, 0.3) is 0 Å². The van der Waals surface area contributed by atoms with E-state index in [-0.39, 0.29) is 12.5 Å². The molecule has 0 fully saturated rings. The molecular formula is C8H16N2O2. The molecule has 4 nitrogen and oxygen atoms in total. The highest BCUT2D eigenvalue weighted by molar-refractivity contribution is 5.71. The number of carbonyl (C=O) groups excluding carboxylic acids is 1. The number of ether oxygens (including phenoxy) is 1. The summed E-state index contributed by atoms with van der Waals surface area (Å²) in [5, 5.41) is 5.72. The Labute approximate surface area is 73.0 Å². The van der Waals surface area contributed by atoms with Crippen molar-refractivity contribution < 1.29 is 9.53 Å². The van der Waals surface area contributed by atoms with Gasteiger partial charge >= 0.3 is 5.97 Å². The van der Waals surface area contributed by atoms with E-state index in [0.29, 0.717) is 12.4 Å². The Morgan fingerprint density at radius 2 is 2.08 bits per heavy atom. The van der Waals surface area contributed by atoms with Crippen LogP contribution in [0.3, 0.4) is 0 Å². The summed E-state index contributed by atoms with van der Waals surface area (Å²) in [7, 11) is 0. The average Bonchev–Trinajstić information content (AvgIpc) is 2.02. The third-order valence-electron chi connectivity index (χ3n) is 1.14. The average molecular weight is 172 g/mol. The largest absolute Gasteiger partial charge is 0.465 e. The first-order chi connectivity index (χ1) is 5.70. The molecule has 0 aromatic heterocycles. The fourth-order valence-electron chi connectivity index (χ4n) is 0.667. The molecule has 0 unspecified atom stereocenters. The zero-order chi connectivity index (χ0) is 9.40. The van der Waals surface area contributed by atoms with Gasteiger partial charge in [0.25, 0.3) is 0 Å². The lowest BCUT2D eigenvalue weighted by atomic mass is 10.6. The predicted octanol–water partition coefficient (Wildman–Crippen LogP) is 0.220. The highest BCUT2D eigenvalue weighted by atomic mass is 16.5. The highest BCUT2D eigenvalue weighted by Crippen LogP contribution is 1.79. The molecule has 12 heavy (non-hydrogen) atoms. The van der Waals surface area contributed by atoms with Crippen molar-refractivity contribution in [2.75, 3.05) is 19.7 Å². The van der Waals surface area contributed by atoms with Crippen molar-refractivity contribution in [2.24, 2.45) is 0 Å². The SMILES string of the molecule is C=C(NCC)NCC(=O)OCC. The molecule has 0 heterocycles. The summed E-state index contributed by atoms with van der Waals surface area (Å²) in [5.74, 6) is 0.377. The number of rotatable bonds is 6. The molecule has 2 N–H and O–H groups in total. The first kappa shape index (κ1) is 10.8. The molecule has 0 rings (SSSR count). The van der Waals surface area contributed by atoms with Crippen LogP contribution in [-0.4, -0.2) is 25.7 Å². The van der Waals surface area contributed by atoms with Gasteiger partial charge in [-0.3, -0.25) is 4.79 Å². The lowest BCUT2D eigenvalue weighted by Crippen LogP contribution is -2.30. The minimum absolute atomic E-state index is 0.166. The molecule has 0 aliphatic heterocycles. The van der Waals surface area contributed by atoms with Gasteiger partial charge in [-0.2, -0.15) is 0 Å². The summed E-state index contributed by atoms with van der Waals surface area (Å²) in [6.45, 7) is 8.74. The zero-order valence-corrected chi connectivity index (χ0v) is 7.64. The molecule has 0 saturated heterocycles. The van der Waals surface area contributed by atoms with E-state index < -0.39 is 0 Å². The standard InChI is InChI=1S/C8H16N2O2/c1-4-9-7(3)10-6-8(11)12-5-2/h9-10H,3-6H2,1-2H3. The van der Waals surface area contributed by atoms with Crippen molar-refractivity contribution in [1.82, 2.24) is 10.6 Å². The maximum Gasteiger partial charge on any atom is 0.325 e. The Bertz CT molecular complexity index is 139. The minimum atomic E-state index is -0.267. The van der Waals surface area contributed by atoms with Gasteiger partial charge in [0.15, 0.2) is 0 Å². The van der Waals surface area contributed by atoms with Crippen LogP contribution in [0.4, 0.5) is 0 Å². The van der Waals surface area contributed by atoms with Crippen LogP contribution in [0, 0.1) is 0 Å². The molecule has 70 valence electrons. The quantitative estimate of drug-likeness (QED) is 0.563. The molecule has 0 bridgehead atoms. The Balaban J connectivity index is 3.40. The zero-order valence-electron chi connectivity index (χ0n) is 7.64. The molecule has 0 saturated carbocycles. The Hall–Kier alpha value is -1.19. The van der Waals surface area contributed by atoms with E-state index in [1.54, 1.807) is 6.92 Å². The summed E-state index contributed by atoms with van der Waals surface area (Å²) in [5.41, 5.74) is 0. The molecule has 0 aliphatic carbocycles. The smallest absolute Gasteiger partial charge is 0.325 e. The summed E-state index contributed by atoms with van der Waals surface area (Å²) in [6.07, 6.45) is 0. The first-order valence-corrected chi connectivity index (χ1v) is 4.03. The monoisotopic (exact) mass is 172 g/mol. The van der Waals surface area contributed by atoms with Gasteiger partial charge in [0.1, 0.15) is 6.54 Å².